The van der Waals surface area contributed by atoms with Crippen LogP contribution in [0.25, 0.3) is 0 Å². The molecule has 2 aromatic rings. The lowest BCUT2D eigenvalue weighted by Crippen LogP contribution is -2.06. The Morgan fingerprint density at radius 3 is 2.40 bits per heavy atom. The highest BCUT2D eigenvalue weighted by molar-refractivity contribution is 6.11. The summed E-state index contributed by atoms with van der Waals surface area (Å²) in [4.78, 5) is 11.9. The SMILES string of the molecule is Nc1cnncc1C(=O)c1ccccc1. The fourth-order valence-corrected chi connectivity index (χ4v) is 1.27. The number of nitrogens with zero attached hydrogens (tertiary/aromatic N) is 2. The number of anilines is 1. The Balaban J connectivity index is 2.42. The summed E-state index contributed by atoms with van der Waals surface area (Å²) in [7, 11) is 0. The number of hydrogen-bond donors (Lipinski definition) is 1. The van der Waals surface area contributed by atoms with Crippen LogP contribution in [0.3, 0.4) is 0 Å². The fourth-order valence-electron chi connectivity index (χ4n) is 1.27. The van der Waals surface area contributed by atoms with Crippen molar-refractivity contribution >= 4 is 11.5 Å². The molecule has 4 nitrogen and oxygen atoms in total. The van der Waals surface area contributed by atoms with E-state index in [0.29, 0.717) is 16.8 Å². The van der Waals surface area contributed by atoms with Gasteiger partial charge in [0, 0.05) is 5.56 Å². The van der Waals surface area contributed by atoms with Crippen LogP contribution in [0.1, 0.15) is 15.9 Å². The highest BCUT2D eigenvalue weighted by Crippen LogP contribution is 2.13. The van der Waals surface area contributed by atoms with E-state index in [0.717, 1.165) is 0 Å². The average Bonchev–Trinajstić information content (AvgIpc) is 2.30. The van der Waals surface area contributed by atoms with Gasteiger partial charge in [0.2, 0.25) is 0 Å². The van der Waals surface area contributed by atoms with Gasteiger partial charge in [0.1, 0.15) is 0 Å². The zero-order valence-electron chi connectivity index (χ0n) is 7.92. The van der Waals surface area contributed by atoms with Gasteiger partial charge < -0.3 is 5.73 Å². The van der Waals surface area contributed by atoms with E-state index in [1.807, 2.05) is 6.07 Å². The van der Waals surface area contributed by atoms with Gasteiger partial charge in [-0.2, -0.15) is 10.2 Å². The van der Waals surface area contributed by atoms with E-state index in [4.69, 9.17) is 5.73 Å². The molecule has 0 amide bonds. The van der Waals surface area contributed by atoms with Crippen molar-refractivity contribution in [2.45, 2.75) is 0 Å². The third kappa shape index (κ3) is 1.83. The Hall–Kier alpha value is -2.23. The Labute approximate surface area is 86.8 Å². The third-order valence-electron chi connectivity index (χ3n) is 2.04. The Morgan fingerprint density at radius 1 is 1.07 bits per heavy atom. The number of ketones is 1. The first-order valence-electron chi connectivity index (χ1n) is 4.45. The lowest BCUT2D eigenvalue weighted by atomic mass is 10.0. The molecular weight excluding hydrogens is 190 g/mol. The topological polar surface area (TPSA) is 68.9 Å². The molecule has 0 fully saturated rings. The van der Waals surface area contributed by atoms with Crippen molar-refractivity contribution in [3.8, 4) is 0 Å². The molecule has 1 heterocycles. The number of carbonyl (C=O) groups is 1. The smallest absolute Gasteiger partial charge is 0.196 e. The van der Waals surface area contributed by atoms with Crippen LogP contribution < -0.4 is 5.73 Å². The van der Waals surface area contributed by atoms with Crippen molar-refractivity contribution < 1.29 is 4.79 Å². The molecule has 15 heavy (non-hydrogen) atoms. The van der Waals surface area contributed by atoms with E-state index in [9.17, 15) is 4.79 Å². The number of hydrogen-bond acceptors (Lipinski definition) is 4. The predicted molar refractivity (Wildman–Crippen MR) is 56.3 cm³/mol. The molecule has 74 valence electrons. The maximum atomic E-state index is 11.9. The van der Waals surface area contributed by atoms with Gasteiger partial charge in [-0.1, -0.05) is 30.3 Å². The lowest BCUT2D eigenvalue weighted by Gasteiger charge is -2.02. The van der Waals surface area contributed by atoms with Crippen LogP contribution in [-0.4, -0.2) is 16.0 Å². The molecule has 0 unspecified atom stereocenters. The summed E-state index contributed by atoms with van der Waals surface area (Å²) in [5.41, 5.74) is 6.96. The zero-order chi connectivity index (χ0) is 10.7. The third-order valence-corrected chi connectivity index (χ3v) is 2.04. The molecule has 0 aliphatic carbocycles. The highest BCUT2D eigenvalue weighted by Gasteiger charge is 2.11. The van der Waals surface area contributed by atoms with Crippen LogP contribution in [0.4, 0.5) is 5.69 Å². The van der Waals surface area contributed by atoms with Gasteiger partial charge in [0.05, 0.1) is 23.6 Å². The van der Waals surface area contributed by atoms with Crippen molar-refractivity contribution in [1.82, 2.24) is 10.2 Å². The number of carbonyl (C=O) groups excluding carboxylic acids is 1. The minimum Gasteiger partial charge on any atom is -0.397 e. The summed E-state index contributed by atoms with van der Waals surface area (Å²) in [6, 6.07) is 8.94. The van der Waals surface area contributed by atoms with E-state index in [-0.39, 0.29) is 5.78 Å². The molecule has 0 aliphatic rings. The lowest BCUT2D eigenvalue weighted by molar-refractivity contribution is 0.103. The second-order valence-corrected chi connectivity index (χ2v) is 3.05. The number of benzene rings is 1. The maximum Gasteiger partial charge on any atom is 0.196 e. The Bertz CT molecular complexity index is 482. The molecule has 2 N–H and O–H groups in total. The molecule has 0 bridgehead atoms. The highest BCUT2D eigenvalue weighted by atomic mass is 16.1. The standard InChI is InChI=1S/C11H9N3O/c12-10-7-14-13-6-9(10)11(15)8-4-2-1-3-5-8/h1-7H,(H2,12,13). The summed E-state index contributed by atoms with van der Waals surface area (Å²) >= 11 is 0. The van der Waals surface area contributed by atoms with Crippen LogP contribution in [0, 0.1) is 0 Å². The average molecular weight is 199 g/mol. The van der Waals surface area contributed by atoms with Crippen molar-refractivity contribution in [3.05, 3.63) is 53.9 Å². The van der Waals surface area contributed by atoms with Crippen LogP contribution >= 0.6 is 0 Å². The minimum atomic E-state index is -0.136. The molecule has 1 aromatic carbocycles. The van der Waals surface area contributed by atoms with Gasteiger partial charge in [0.15, 0.2) is 5.78 Å². The van der Waals surface area contributed by atoms with Crippen LogP contribution in [0.2, 0.25) is 0 Å². The van der Waals surface area contributed by atoms with Gasteiger partial charge in [-0.3, -0.25) is 4.79 Å². The van der Waals surface area contributed by atoms with Gasteiger partial charge in [-0.05, 0) is 0 Å². The predicted octanol–water partition coefficient (Wildman–Crippen LogP) is 1.29. The van der Waals surface area contributed by atoms with Gasteiger partial charge in [-0.25, -0.2) is 0 Å². The second-order valence-electron chi connectivity index (χ2n) is 3.05. The molecule has 0 aliphatic heterocycles. The molecule has 0 atom stereocenters. The van der Waals surface area contributed by atoms with E-state index in [1.54, 1.807) is 24.3 Å². The van der Waals surface area contributed by atoms with Crippen molar-refractivity contribution in [3.63, 3.8) is 0 Å². The number of aromatic nitrogens is 2. The normalized spacial score (nSPS) is 9.87. The van der Waals surface area contributed by atoms with Crippen LogP contribution in [0.5, 0.6) is 0 Å². The number of nitrogen functional groups attached to an aromatic ring is 1. The van der Waals surface area contributed by atoms with E-state index in [1.165, 1.54) is 12.4 Å². The van der Waals surface area contributed by atoms with Gasteiger partial charge in [-0.15, -0.1) is 0 Å². The Morgan fingerprint density at radius 2 is 1.73 bits per heavy atom. The van der Waals surface area contributed by atoms with Crippen LogP contribution in [-0.2, 0) is 0 Å². The quantitative estimate of drug-likeness (QED) is 0.740. The first kappa shape index (κ1) is 9.33. The second kappa shape index (κ2) is 3.88. The Kier molecular flexibility index (Phi) is 2.41. The fraction of sp³-hybridized carbons (Fsp3) is 0. The molecule has 0 radical (unpaired) electrons. The zero-order valence-corrected chi connectivity index (χ0v) is 7.92. The minimum absolute atomic E-state index is 0.136. The molecular formula is C11H9N3O. The van der Waals surface area contributed by atoms with E-state index in [2.05, 4.69) is 10.2 Å². The first-order valence-corrected chi connectivity index (χ1v) is 4.45. The molecule has 2 rings (SSSR count). The maximum absolute atomic E-state index is 11.9. The van der Waals surface area contributed by atoms with E-state index < -0.39 is 0 Å². The summed E-state index contributed by atoms with van der Waals surface area (Å²) < 4.78 is 0. The molecule has 0 saturated carbocycles. The van der Waals surface area contributed by atoms with Crippen molar-refractivity contribution in [2.24, 2.45) is 0 Å². The summed E-state index contributed by atoms with van der Waals surface area (Å²) in [6.07, 6.45) is 2.75. The summed E-state index contributed by atoms with van der Waals surface area (Å²) in [5, 5.41) is 7.24. The molecule has 1 aromatic heterocycles. The van der Waals surface area contributed by atoms with Crippen LogP contribution in [0.15, 0.2) is 42.7 Å². The number of rotatable bonds is 2. The van der Waals surface area contributed by atoms with E-state index >= 15 is 0 Å². The first-order chi connectivity index (χ1) is 7.29. The van der Waals surface area contributed by atoms with Gasteiger partial charge >= 0.3 is 0 Å². The summed E-state index contributed by atoms with van der Waals surface area (Å²) in [6.45, 7) is 0. The van der Waals surface area contributed by atoms with Gasteiger partial charge in [0.25, 0.3) is 0 Å². The number of nitrogens with two attached hydrogens (primary N) is 1. The monoisotopic (exact) mass is 199 g/mol. The van der Waals surface area contributed by atoms with Crippen molar-refractivity contribution in [2.75, 3.05) is 5.73 Å². The van der Waals surface area contributed by atoms with Crippen molar-refractivity contribution in [1.29, 1.82) is 0 Å². The summed E-state index contributed by atoms with van der Waals surface area (Å²) in [5.74, 6) is -0.136. The molecule has 0 saturated heterocycles. The molecule has 4 heteroatoms. The molecule has 0 spiro atoms. The largest absolute Gasteiger partial charge is 0.397 e.